The number of pyridine rings is 1. The van der Waals surface area contributed by atoms with Gasteiger partial charge in [-0.2, -0.15) is 0 Å². The summed E-state index contributed by atoms with van der Waals surface area (Å²) in [4.78, 5) is 12.8. The Morgan fingerprint density at radius 3 is 1.58 bits per heavy atom. The molecule has 0 unspecified atom stereocenters. The van der Waals surface area contributed by atoms with Crippen LogP contribution in [0.25, 0.3) is 11.1 Å². The summed E-state index contributed by atoms with van der Waals surface area (Å²) in [6.07, 6.45) is 1.96. The molecule has 0 bridgehead atoms. The Kier molecular flexibility index (Phi) is 4.48. The highest BCUT2D eigenvalue weighted by Gasteiger charge is 2.17. The molecule has 0 amide bonds. The highest BCUT2D eigenvalue weighted by Crippen LogP contribution is 2.27. The lowest BCUT2D eigenvalue weighted by atomic mass is 9.97. The zero-order chi connectivity index (χ0) is 17.8. The van der Waals surface area contributed by atoms with Gasteiger partial charge in [0.05, 0.1) is 6.04 Å². The third kappa shape index (κ3) is 3.22. The number of hydrogen-bond acceptors (Lipinski definition) is 1. The van der Waals surface area contributed by atoms with Crippen LogP contribution in [-0.2, 0) is 0 Å². The van der Waals surface area contributed by atoms with Gasteiger partial charge in [0.25, 0.3) is 5.56 Å². The molecule has 2 heteroatoms. The molecule has 26 heavy (non-hydrogen) atoms. The fourth-order valence-corrected chi connectivity index (χ4v) is 3.29. The Bertz CT molecular complexity index is 998. The summed E-state index contributed by atoms with van der Waals surface area (Å²) in [5, 5.41) is 0. The van der Waals surface area contributed by atoms with Crippen LogP contribution < -0.4 is 5.56 Å². The second kappa shape index (κ2) is 7.24. The van der Waals surface area contributed by atoms with Crippen LogP contribution in [0.3, 0.4) is 0 Å². The molecule has 0 aliphatic rings. The van der Waals surface area contributed by atoms with Gasteiger partial charge >= 0.3 is 0 Å². The van der Waals surface area contributed by atoms with Gasteiger partial charge in [-0.3, -0.25) is 4.79 Å². The quantitative estimate of drug-likeness (QED) is 0.504. The van der Waals surface area contributed by atoms with Gasteiger partial charge in [0.15, 0.2) is 0 Å². The number of nitrogens with zero attached hydrogens (tertiary/aromatic N) is 1. The lowest BCUT2D eigenvalue weighted by Crippen LogP contribution is -2.25. The average molecular weight is 337 g/mol. The molecule has 126 valence electrons. The lowest BCUT2D eigenvalue weighted by Gasteiger charge is -2.22. The highest BCUT2D eigenvalue weighted by atomic mass is 16.1. The molecule has 0 saturated carbocycles. The minimum atomic E-state index is -0.159. The Balaban J connectivity index is 1.90. The van der Waals surface area contributed by atoms with Crippen molar-refractivity contribution in [3.8, 4) is 11.1 Å². The molecule has 3 aromatic carbocycles. The van der Waals surface area contributed by atoms with E-state index >= 15 is 0 Å². The summed E-state index contributed by atoms with van der Waals surface area (Å²) in [5.41, 5.74) is 4.29. The van der Waals surface area contributed by atoms with E-state index in [4.69, 9.17) is 0 Å². The first kappa shape index (κ1) is 16.1. The van der Waals surface area contributed by atoms with Crippen LogP contribution in [0.15, 0.2) is 114 Å². The number of aromatic nitrogens is 1. The summed E-state index contributed by atoms with van der Waals surface area (Å²) in [5.74, 6) is 0. The number of rotatable bonds is 4. The lowest BCUT2D eigenvalue weighted by molar-refractivity contribution is 0.651. The average Bonchev–Trinajstić information content (AvgIpc) is 2.72. The Morgan fingerprint density at radius 1 is 0.538 bits per heavy atom. The second-order valence-corrected chi connectivity index (χ2v) is 6.25. The minimum Gasteiger partial charge on any atom is -0.303 e. The second-order valence-electron chi connectivity index (χ2n) is 6.25. The van der Waals surface area contributed by atoms with Gasteiger partial charge in [0.2, 0.25) is 0 Å². The fourth-order valence-electron chi connectivity index (χ4n) is 3.29. The van der Waals surface area contributed by atoms with E-state index in [0.717, 1.165) is 22.3 Å². The SMILES string of the molecule is O=c1ccc(-c2ccccc2)cn1C(c1ccccc1)c1ccccc1. The fraction of sp³-hybridized carbons (Fsp3) is 0.0417. The van der Waals surface area contributed by atoms with Gasteiger partial charge < -0.3 is 4.57 Å². The van der Waals surface area contributed by atoms with Crippen molar-refractivity contribution in [2.45, 2.75) is 6.04 Å². The highest BCUT2D eigenvalue weighted by molar-refractivity contribution is 5.62. The Hall–Kier alpha value is -3.39. The molecule has 0 aliphatic carbocycles. The maximum absolute atomic E-state index is 12.8. The van der Waals surface area contributed by atoms with Gasteiger partial charge in [-0.25, -0.2) is 0 Å². The van der Waals surface area contributed by atoms with Gasteiger partial charge in [-0.05, 0) is 28.3 Å². The predicted octanol–water partition coefficient (Wildman–Crippen LogP) is 5.15. The first-order valence-electron chi connectivity index (χ1n) is 8.70. The summed E-state index contributed by atoms with van der Waals surface area (Å²) in [7, 11) is 0. The van der Waals surface area contributed by atoms with Crippen molar-refractivity contribution >= 4 is 0 Å². The van der Waals surface area contributed by atoms with Crippen LogP contribution in [0.2, 0.25) is 0 Å². The minimum absolute atomic E-state index is 0.0117. The molecule has 0 N–H and O–H groups in total. The third-order valence-electron chi connectivity index (χ3n) is 4.55. The van der Waals surface area contributed by atoms with E-state index in [-0.39, 0.29) is 11.6 Å². The van der Waals surface area contributed by atoms with Crippen molar-refractivity contribution in [1.82, 2.24) is 4.57 Å². The summed E-state index contributed by atoms with van der Waals surface area (Å²) < 4.78 is 1.83. The van der Waals surface area contributed by atoms with Gasteiger partial charge in [0, 0.05) is 12.3 Å². The van der Waals surface area contributed by atoms with Crippen LogP contribution in [-0.4, -0.2) is 4.57 Å². The van der Waals surface area contributed by atoms with E-state index in [1.165, 1.54) is 0 Å². The molecule has 4 rings (SSSR count). The van der Waals surface area contributed by atoms with E-state index in [0.29, 0.717) is 0 Å². The first-order valence-corrected chi connectivity index (χ1v) is 8.70. The van der Waals surface area contributed by atoms with Crippen LogP contribution in [0.4, 0.5) is 0 Å². The van der Waals surface area contributed by atoms with E-state index in [1.54, 1.807) is 6.07 Å². The zero-order valence-corrected chi connectivity index (χ0v) is 14.3. The molecule has 0 atom stereocenters. The Morgan fingerprint density at radius 2 is 1.04 bits per heavy atom. The van der Waals surface area contributed by atoms with Crippen molar-refractivity contribution in [3.05, 3.63) is 131 Å². The van der Waals surface area contributed by atoms with Crippen LogP contribution >= 0.6 is 0 Å². The van der Waals surface area contributed by atoms with Crippen molar-refractivity contribution < 1.29 is 0 Å². The molecule has 2 nitrogen and oxygen atoms in total. The van der Waals surface area contributed by atoms with Crippen LogP contribution in [0, 0.1) is 0 Å². The van der Waals surface area contributed by atoms with E-state index in [1.807, 2.05) is 71.4 Å². The van der Waals surface area contributed by atoms with Crippen LogP contribution in [0.5, 0.6) is 0 Å². The van der Waals surface area contributed by atoms with E-state index in [2.05, 4.69) is 36.4 Å². The predicted molar refractivity (Wildman–Crippen MR) is 106 cm³/mol. The zero-order valence-electron chi connectivity index (χ0n) is 14.3. The topological polar surface area (TPSA) is 22.0 Å². The number of hydrogen-bond donors (Lipinski definition) is 0. The van der Waals surface area contributed by atoms with Crippen molar-refractivity contribution in [3.63, 3.8) is 0 Å². The molecule has 0 spiro atoms. The molecule has 1 aromatic heterocycles. The summed E-state index contributed by atoms with van der Waals surface area (Å²) in [6, 6.07) is 33.8. The number of benzene rings is 3. The van der Waals surface area contributed by atoms with Crippen molar-refractivity contribution in [2.75, 3.05) is 0 Å². The third-order valence-corrected chi connectivity index (χ3v) is 4.55. The smallest absolute Gasteiger partial charge is 0.251 e. The van der Waals surface area contributed by atoms with Crippen molar-refractivity contribution in [1.29, 1.82) is 0 Å². The molecule has 0 radical (unpaired) electrons. The Labute approximate surface area is 153 Å². The maximum atomic E-state index is 12.8. The van der Waals surface area contributed by atoms with Gasteiger partial charge in [0.1, 0.15) is 0 Å². The summed E-state index contributed by atoms with van der Waals surface area (Å²) >= 11 is 0. The molecular weight excluding hydrogens is 318 g/mol. The summed E-state index contributed by atoms with van der Waals surface area (Å²) in [6.45, 7) is 0. The van der Waals surface area contributed by atoms with Crippen LogP contribution in [0.1, 0.15) is 17.2 Å². The molecule has 0 saturated heterocycles. The largest absolute Gasteiger partial charge is 0.303 e. The molecule has 4 aromatic rings. The maximum Gasteiger partial charge on any atom is 0.251 e. The molecule has 0 fully saturated rings. The monoisotopic (exact) mass is 337 g/mol. The van der Waals surface area contributed by atoms with E-state index < -0.39 is 0 Å². The molecule has 1 heterocycles. The van der Waals surface area contributed by atoms with Gasteiger partial charge in [-0.15, -0.1) is 0 Å². The normalized spacial score (nSPS) is 10.8. The molecule has 0 aliphatic heterocycles. The van der Waals surface area contributed by atoms with Gasteiger partial charge in [-0.1, -0.05) is 91.0 Å². The molecular formula is C24H19NO. The van der Waals surface area contributed by atoms with Crippen molar-refractivity contribution in [2.24, 2.45) is 0 Å². The van der Waals surface area contributed by atoms with E-state index in [9.17, 15) is 4.79 Å². The first-order chi connectivity index (χ1) is 12.8. The standard InChI is InChI=1S/C24H19NO/c26-23-17-16-22(19-10-4-1-5-11-19)18-25(23)24(20-12-6-2-7-13-20)21-14-8-3-9-15-21/h1-18,24H.